The number of nitrogens with zero attached hydrogens (tertiary/aromatic N) is 2. The summed E-state index contributed by atoms with van der Waals surface area (Å²) in [6.07, 6.45) is 0. The van der Waals surface area contributed by atoms with Gasteiger partial charge in [0.25, 0.3) is 0 Å². The van der Waals surface area contributed by atoms with Gasteiger partial charge in [-0.3, -0.25) is 0 Å². The standard InChI is InChI=1S/C12H8F2N2O/c13-9-1-5-11(6-2-9)16(15-17)12-7-3-10(14)4-8-12/h1-8H. The molecule has 0 radical (unpaired) electrons. The highest BCUT2D eigenvalue weighted by atomic mass is 19.1. The Bertz CT molecular complexity index is 466. The largest absolute Gasteiger partial charge is 0.207 e. The van der Waals surface area contributed by atoms with Crippen LogP contribution in [0.15, 0.2) is 53.8 Å². The van der Waals surface area contributed by atoms with Crippen LogP contribution < -0.4 is 5.01 Å². The van der Waals surface area contributed by atoms with Gasteiger partial charge < -0.3 is 0 Å². The van der Waals surface area contributed by atoms with E-state index < -0.39 is 11.6 Å². The quantitative estimate of drug-likeness (QED) is 0.598. The van der Waals surface area contributed by atoms with E-state index in [2.05, 4.69) is 5.29 Å². The molecule has 0 atom stereocenters. The second-order valence-corrected chi connectivity index (χ2v) is 3.35. The van der Waals surface area contributed by atoms with E-state index in [1.54, 1.807) is 0 Å². The van der Waals surface area contributed by atoms with Gasteiger partial charge in [0.2, 0.25) is 0 Å². The summed E-state index contributed by atoms with van der Waals surface area (Å²) >= 11 is 0. The van der Waals surface area contributed by atoms with Crippen molar-refractivity contribution in [2.45, 2.75) is 0 Å². The number of anilines is 2. The maximum atomic E-state index is 12.7. The summed E-state index contributed by atoms with van der Waals surface area (Å²) in [6, 6.07) is 10.5. The van der Waals surface area contributed by atoms with Crippen molar-refractivity contribution in [2.75, 3.05) is 5.01 Å². The fourth-order valence-electron chi connectivity index (χ4n) is 1.41. The maximum absolute atomic E-state index is 12.7. The first kappa shape index (κ1) is 11.2. The number of hydrogen-bond donors (Lipinski definition) is 0. The third-order valence-corrected chi connectivity index (χ3v) is 2.22. The minimum Gasteiger partial charge on any atom is -0.207 e. The van der Waals surface area contributed by atoms with Crippen LogP contribution in [0.4, 0.5) is 20.2 Å². The molecular formula is C12H8F2N2O. The van der Waals surface area contributed by atoms with E-state index in [1.165, 1.54) is 48.5 Å². The summed E-state index contributed by atoms with van der Waals surface area (Å²) in [6.45, 7) is 0. The van der Waals surface area contributed by atoms with Crippen LogP contribution in [0.25, 0.3) is 0 Å². The summed E-state index contributed by atoms with van der Waals surface area (Å²) < 4.78 is 25.5. The number of rotatable bonds is 3. The number of nitroso groups, excluding NO2 is 1. The van der Waals surface area contributed by atoms with E-state index in [-0.39, 0.29) is 0 Å². The zero-order valence-corrected chi connectivity index (χ0v) is 8.68. The number of benzene rings is 2. The summed E-state index contributed by atoms with van der Waals surface area (Å²) in [5.74, 6) is -0.808. The minimum absolute atomic E-state index is 0.404. The number of halogens is 2. The molecule has 0 aliphatic carbocycles. The van der Waals surface area contributed by atoms with Crippen molar-refractivity contribution in [1.82, 2.24) is 0 Å². The van der Waals surface area contributed by atoms with Gasteiger partial charge >= 0.3 is 0 Å². The first-order chi connectivity index (χ1) is 8.20. The van der Waals surface area contributed by atoms with Crippen LogP contribution in [0.3, 0.4) is 0 Å². The Hall–Kier alpha value is -2.30. The molecule has 86 valence electrons. The molecule has 2 aromatic carbocycles. The molecule has 0 aromatic heterocycles. The van der Waals surface area contributed by atoms with Crippen LogP contribution in [0.1, 0.15) is 0 Å². The van der Waals surface area contributed by atoms with Crippen molar-refractivity contribution in [3.63, 3.8) is 0 Å². The minimum atomic E-state index is -0.404. The number of hydrogen-bond acceptors (Lipinski definition) is 2. The average molecular weight is 234 g/mol. The first-order valence-corrected chi connectivity index (χ1v) is 4.85. The molecule has 0 aliphatic heterocycles. The molecule has 2 aromatic rings. The zero-order chi connectivity index (χ0) is 12.3. The molecular weight excluding hydrogens is 226 g/mol. The smallest absolute Gasteiger partial charge is 0.123 e. The molecule has 5 heteroatoms. The molecule has 0 bridgehead atoms. The lowest BCUT2D eigenvalue weighted by Gasteiger charge is -2.14. The third kappa shape index (κ3) is 2.44. The van der Waals surface area contributed by atoms with Crippen LogP contribution >= 0.6 is 0 Å². The highest BCUT2D eigenvalue weighted by Crippen LogP contribution is 2.25. The van der Waals surface area contributed by atoms with Crippen molar-refractivity contribution in [3.8, 4) is 0 Å². The van der Waals surface area contributed by atoms with Crippen LogP contribution in [0.5, 0.6) is 0 Å². The van der Waals surface area contributed by atoms with Gasteiger partial charge in [0.15, 0.2) is 0 Å². The lowest BCUT2D eigenvalue weighted by atomic mass is 10.2. The van der Waals surface area contributed by atoms with Gasteiger partial charge in [0.05, 0.1) is 16.7 Å². The van der Waals surface area contributed by atoms with E-state index in [9.17, 15) is 13.7 Å². The summed E-state index contributed by atoms with van der Waals surface area (Å²) in [4.78, 5) is 10.8. The van der Waals surface area contributed by atoms with Gasteiger partial charge in [-0.05, 0) is 48.5 Å². The predicted octanol–water partition coefficient (Wildman–Crippen LogP) is 3.78. The van der Waals surface area contributed by atoms with Crippen molar-refractivity contribution in [1.29, 1.82) is 0 Å². The fraction of sp³-hybridized carbons (Fsp3) is 0. The molecule has 0 spiro atoms. The average Bonchev–Trinajstić information content (AvgIpc) is 2.35. The molecule has 0 aliphatic rings. The van der Waals surface area contributed by atoms with Crippen molar-refractivity contribution >= 4 is 11.4 Å². The Balaban J connectivity index is 2.36. The highest BCUT2D eigenvalue weighted by molar-refractivity contribution is 5.61. The second kappa shape index (κ2) is 4.69. The molecule has 0 amide bonds. The van der Waals surface area contributed by atoms with E-state index in [0.29, 0.717) is 11.4 Å². The van der Waals surface area contributed by atoms with E-state index in [4.69, 9.17) is 0 Å². The van der Waals surface area contributed by atoms with Gasteiger partial charge in [0, 0.05) is 0 Å². The zero-order valence-electron chi connectivity index (χ0n) is 8.68. The highest BCUT2D eigenvalue weighted by Gasteiger charge is 2.09. The molecule has 0 N–H and O–H groups in total. The van der Waals surface area contributed by atoms with Crippen LogP contribution in [-0.2, 0) is 0 Å². The van der Waals surface area contributed by atoms with Crippen molar-refractivity contribution in [2.24, 2.45) is 5.29 Å². The molecule has 3 nitrogen and oxygen atoms in total. The normalized spacial score (nSPS) is 10.0. The van der Waals surface area contributed by atoms with Crippen LogP contribution in [0, 0.1) is 16.5 Å². The summed E-state index contributed by atoms with van der Waals surface area (Å²) in [7, 11) is 0. The molecule has 0 saturated heterocycles. The molecule has 2 rings (SSSR count). The molecule has 0 fully saturated rings. The van der Waals surface area contributed by atoms with Gasteiger partial charge in [0.1, 0.15) is 11.6 Å². The molecule has 0 saturated carbocycles. The van der Waals surface area contributed by atoms with Crippen LogP contribution in [-0.4, -0.2) is 0 Å². The monoisotopic (exact) mass is 234 g/mol. The Morgan fingerprint density at radius 3 is 1.41 bits per heavy atom. The van der Waals surface area contributed by atoms with Gasteiger partial charge in [-0.2, -0.15) is 5.01 Å². The maximum Gasteiger partial charge on any atom is 0.123 e. The van der Waals surface area contributed by atoms with E-state index in [0.717, 1.165) is 5.01 Å². The Kier molecular flexibility index (Phi) is 3.09. The third-order valence-electron chi connectivity index (χ3n) is 2.22. The fourth-order valence-corrected chi connectivity index (χ4v) is 1.41. The molecule has 0 heterocycles. The van der Waals surface area contributed by atoms with E-state index in [1.807, 2.05) is 0 Å². The molecule has 0 unspecified atom stereocenters. The lowest BCUT2D eigenvalue weighted by molar-refractivity contribution is 0.627. The van der Waals surface area contributed by atoms with Gasteiger partial charge in [-0.25, -0.2) is 8.78 Å². The second-order valence-electron chi connectivity index (χ2n) is 3.35. The Morgan fingerprint density at radius 1 is 0.765 bits per heavy atom. The first-order valence-electron chi connectivity index (χ1n) is 4.85. The van der Waals surface area contributed by atoms with Gasteiger partial charge in [-0.15, -0.1) is 4.91 Å². The molecule has 17 heavy (non-hydrogen) atoms. The topological polar surface area (TPSA) is 32.7 Å². The van der Waals surface area contributed by atoms with Crippen molar-refractivity contribution in [3.05, 3.63) is 65.1 Å². The van der Waals surface area contributed by atoms with E-state index >= 15 is 0 Å². The SMILES string of the molecule is O=NN(c1ccc(F)cc1)c1ccc(F)cc1. The lowest BCUT2D eigenvalue weighted by Crippen LogP contribution is -2.07. The van der Waals surface area contributed by atoms with Crippen LogP contribution in [0.2, 0.25) is 0 Å². The summed E-state index contributed by atoms with van der Waals surface area (Å²) in [5, 5.41) is 3.88. The summed E-state index contributed by atoms with van der Waals surface area (Å²) in [5.41, 5.74) is 0.820. The van der Waals surface area contributed by atoms with Crippen molar-refractivity contribution < 1.29 is 8.78 Å². The Labute approximate surface area is 96.2 Å². The Morgan fingerprint density at radius 2 is 1.12 bits per heavy atom. The van der Waals surface area contributed by atoms with Gasteiger partial charge in [-0.1, -0.05) is 0 Å². The predicted molar refractivity (Wildman–Crippen MR) is 60.7 cm³/mol.